The highest BCUT2D eigenvalue weighted by Crippen LogP contribution is 2.13. The number of aromatic nitrogens is 3. The Kier molecular flexibility index (Phi) is 8.48. The van der Waals surface area contributed by atoms with Gasteiger partial charge in [-0.1, -0.05) is 24.8 Å². The molecule has 3 rings (SSSR count). The smallest absolute Gasteiger partial charge is 0.230 e. The molecule has 1 amide bonds. The van der Waals surface area contributed by atoms with Gasteiger partial charge in [0.25, 0.3) is 0 Å². The number of nitrogens with zero attached hydrogens (tertiary/aromatic N) is 4. The van der Waals surface area contributed by atoms with Crippen molar-refractivity contribution in [3.63, 3.8) is 0 Å². The summed E-state index contributed by atoms with van der Waals surface area (Å²) < 4.78 is 0. The van der Waals surface area contributed by atoms with Crippen molar-refractivity contribution >= 4 is 22.8 Å². The Morgan fingerprint density at radius 2 is 2.04 bits per heavy atom. The number of carbonyl (C=O) groups is 1. The van der Waals surface area contributed by atoms with Crippen LogP contribution in [0, 0.1) is 11.3 Å². The van der Waals surface area contributed by atoms with E-state index < -0.39 is 0 Å². The number of nitrogen functional groups attached to an aromatic ring is 1. The van der Waals surface area contributed by atoms with Gasteiger partial charge in [0.1, 0.15) is 17.8 Å². The minimum absolute atomic E-state index is 0.0762. The molecule has 0 aliphatic rings. The fourth-order valence-electron chi connectivity index (χ4n) is 2.07. The monoisotopic (exact) mass is 362 g/mol. The Hall–Kier alpha value is -3.92. The van der Waals surface area contributed by atoms with Gasteiger partial charge in [0.05, 0.1) is 23.4 Å². The summed E-state index contributed by atoms with van der Waals surface area (Å²) >= 11 is 0. The molecular formula is C20H22N6O. The number of nitriles is 1. The highest BCUT2D eigenvalue weighted by Gasteiger charge is 2.09. The topological polar surface area (TPSA) is 112 Å². The molecule has 138 valence electrons. The van der Waals surface area contributed by atoms with Crippen LogP contribution in [0.5, 0.6) is 0 Å². The first-order chi connectivity index (χ1) is 13.1. The largest absolute Gasteiger partial charge is 0.383 e. The van der Waals surface area contributed by atoms with Crippen molar-refractivity contribution in [1.29, 1.82) is 5.26 Å². The number of likely N-dealkylation sites (N-methyl/N-ethyl adjacent to an activating group) is 1. The molecule has 2 aromatic heterocycles. The first-order valence-corrected chi connectivity index (χ1v) is 7.96. The number of H-pyrrole nitrogens is 1. The second-order valence-corrected chi connectivity index (χ2v) is 5.13. The van der Waals surface area contributed by atoms with Crippen LogP contribution < -0.4 is 5.73 Å². The van der Waals surface area contributed by atoms with Gasteiger partial charge in [0.2, 0.25) is 5.91 Å². The predicted octanol–water partition coefficient (Wildman–Crippen LogP) is 3.04. The summed E-state index contributed by atoms with van der Waals surface area (Å²) in [6.45, 7) is 9.51. The average molecular weight is 362 g/mol. The summed E-state index contributed by atoms with van der Waals surface area (Å²) in [6.07, 6.45) is 4.91. The Morgan fingerprint density at radius 1 is 1.33 bits per heavy atom. The maximum absolute atomic E-state index is 11.6. The molecular weight excluding hydrogens is 340 g/mol. The Balaban J connectivity index is 0.000000262. The van der Waals surface area contributed by atoms with Crippen LogP contribution in [-0.4, -0.2) is 32.8 Å². The lowest BCUT2D eigenvalue weighted by atomic mass is 10.1. The molecule has 0 spiro atoms. The van der Waals surface area contributed by atoms with E-state index in [2.05, 4.69) is 40.8 Å². The van der Waals surface area contributed by atoms with E-state index in [9.17, 15) is 4.79 Å². The molecule has 0 radical (unpaired) electrons. The molecule has 3 N–H and O–H groups in total. The lowest BCUT2D eigenvalue weighted by Gasteiger charge is -2.11. The zero-order chi connectivity index (χ0) is 20.2. The molecule has 0 fully saturated rings. The first-order valence-electron chi connectivity index (χ1n) is 7.96. The fourth-order valence-corrected chi connectivity index (χ4v) is 2.07. The summed E-state index contributed by atoms with van der Waals surface area (Å²) in [4.78, 5) is 23.7. The fraction of sp³-hybridized carbons (Fsp3) is 0.100. The van der Waals surface area contributed by atoms with Crippen LogP contribution in [0.2, 0.25) is 0 Å². The number of amides is 1. The van der Waals surface area contributed by atoms with Gasteiger partial charge in [0, 0.05) is 13.2 Å². The lowest BCUT2D eigenvalue weighted by Crippen LogP contribution is -2.22. The Bertz CT molecular complexity index is 941. The maximum Gasteiger partial charge on any atom is 0.230 e. The third kappa shape index (κ3) is 5.83. The summed E-state index contributed by atoms with van der Waals surface area (Å²) in [6, 6.07) is 11.0. The summed E-state index contributed by atoms with van der Waals surface area (Å²) in [7, 11) is 1.64. The molecule has 7 heteroatoms. The summed E-state index contributed by atoms with van der Waals surface area (Å²) in [5.41, 5.74) is 7.61. The molecule has 0 unspecified atom stereocenters. The third-order valence-corrected chi connectivity index (χ3v) is 3.53. The van der Waals surface area contributed by atoms with Crippen molar-refractivity contribution in [2.75, 3.05) is 12.8 Å². The number of benzene rings is 1. The number of fused-ring (bicyclic) bond motifs is 1. The van der Waals surface area contributed by atoms with E-state index in [0.717, 1.165) is 16.6 Å². The van der Waals surface area contributed by atoms with E-state index in [1.54, 1.807) is 31.4 Å². The van der Waals surface area contributed by atoms with E-state index >= 15 is 0 Å². The number of hydrogen-bond donors (Lipinski definition) is 2. The highest BCUT2D eigenvalue weighted by atomic mass is 16.2. The van der Waals surface area contributed by atoms with Crippen LogP contribution in [-0.2, 0) is 11.2 Å². The van der Waals surface area contributed by atoms with Crippen LogP contribution in [0.25, 0.3) is 11.0 Å². The molecule has 3 aromatic rings. The number of nitrogens with one attached hydrogen (secondary N) is 1. The van der Waals surface area contributed by atoms with Crippen LogP contribution in [0.15, 0.2) is 68.8 Å². The Labute approximate surface area is 158 Å². The maximum atomic E-state index is 11.6. The van der Waals surface area contributed by atoms with E-state index in [0.29, 0.717) is 11.4 Å². The number of nitrogens with two attached hydrogens (primary N) is 1. The molecule has 0 atom stereocenters. The van der Waals surface area contributed by atoms with Crippen LogP contribution in [0.1, 0.15) is 11.1 Å². The normalized spacial score (nSPS) is 9.04. The van der Waals surface area contributed by atoms with Crippen molar-refractivity contribution in [2.24, 2.45) is 0 Å². The predicted molar refractivity (Wildman–Crippen MR) is 107 cm³/mol. The zero-order valence-electron chi connectivity index (χ0n) is 15.2. The second-order valence-electron chi connectivity index (χ2n) is 5.13. The zero-order valence-corrected chi connectivity index (χ0v) is 15.2. The van der Waals surface area contributed by atoms with E-state index in [-0.39, 0.29) is 12.3 Å². The van der Waals surface area contributed by atoms with Crippen molar-refractivity contribution in [3.05, 3.63) is 79.9 Å². The van der Waals surface area contributed by atoms with Crippen LogP contribution in [0.4, 0.5) is 5.82 Å². The average Bonchev–Trinajstić information content (AvgIpc) is 3.20. The Morgan fingerprint density at radius 3 is 2.67 bits per heavy atom. The van der Waals surface area contributed by atoms with Gasteiger partial charge >= 0.3 is 0 Å². The van der Waals surface area contributed by atoms with E-state index in [1.165, 1.54) is 17.4 Å². The molecule has 0 aliphatic heterocycles. The van der Waals surface area contributed by atoms with Gasteiger partial charge < -0.3 is 15.6 Å². The standard InChI is InChI=1S/C12H12N2O.C6H6N4.C2H4/c1-3-14(2)12(15)8-10-6-4-5-7-11(10)9-13;7-5-4-1-2-8-6(4)10-3-9-5;1-2/h3-7H,1,8H2,2H3;1-3H,(H3,7,8,9,10);1-2H2. The number of rotatable bonds is 3. The quantitative estimate of drug-likeness (QED) is 0.696. The van der Waals surface area contributed by atoms with Gasteiger partial charge in [-0.25, -0.2) is 9.97 Å². The van der Waals surface area contributed by atoms with Crippen LogP contribution >= 0.6 is 0 Å². The van der Waals surface area contributed by atoms with E-state index in [4.69, 9.17) is 11.0 Å². The van der Waals surface area contributed by atoms with Crippen molar-refractivity contribution < 1.29 is 4.79 Å². The minimum atomic E-state index is -0.0762. The van der Waals surface area contributed by atoms with Gasteiger partial charge in [-0.15, -0.1) is 13.2 Å². The number of anilines is 1. The molecule has 0 saturated carbocycles. The molecule has 2 heterocycles. The number of carbonyl (C=O) groups excluding carboxylic acids is 1. The van der Waals surface area contributed by atoms with Gasteiger partial charge in [0.15, 0.2) is 0 Å². The first kappa shape index (κ1) is 21.1. The summed E-state index contributed by atoms with van der Waals surface area (Å²) in [5.74, 6) is 0.443. The summed E-state index contributed by atoms with van der Waals surface area (Å²) in [5, 5.41) is 9.71. The van der Waals surface area contributed by atoms with Crippen LogP contribution in [0.3, 0.4) is 0 Å². The molecule has 7 nitrogen and oxygen atoms in total. The second kappa shape index (κ2) is 10.8. The molecule has 1 aromatic carbocycles. The molecule has 27 heavy (non-hydrogen) atoms. The SMILES string of the molecule is C=C.C=CN(C)C(=O)Cc1ccccc1C#N.Nc1ncnc2[nH]ccc12. The van der Waals surface area contributed by atoms with Gasteiger partial charge in [-0.3, -0.25) is 4.79 Å². The molecule has 0 aliphatic carbocycles. The molecule has 0 saturated heterocycles. The highest BCUT2D eigenvalue weighted by molar-refractivity contribution is 5.85. The minimum Gasteiger partial charge on any atom is -0.383 e. The molecule has 0 bridgehead atoms. The van der Waals surface area contributed by atoms with Gasteiger partial charge in [-0.2, -0.15) is 5.26 Å². The van der Waals surface area contributed by atoms with Crippen molar-refractivity contribution in [2.45, 2.75) is 6.42 Å². The van der Waals surface area contributed by atoms with Crippen molar-refractivity contribution in [3.8, 4) is 6.07 Å². The third-order valence-electron chi connectivity index (χ3n) is 3.53. The van der Waals surface area contributed by atoms with Crippen molar-refractivity contribution in [1.82, 2.24) is 19.9 Å². The number of aromatic amines is 1. The van der Waals surface area contributed by atoms with E-state index in [1.807, 2.05) is 12.1 Å². The lowest BCUT2D eigenvalue weighted by molar-refractivity contribution is -0.126. The van der Waals surface area contributed by atoms with Gasteiger partial charge in [-0.05, 0) is 23.9 Å². The number of hydrogen-bond acceptors (Lipinski definition) is 5.